The van der Waals surface area contributed by atoms with Gasteiger partial charge >= 0.3 is 0 Å². The first-order valence-corrected chi connectivity index (χ1v) is 8.01. The average Bonchev–Trinajstić information content (AvgIpc) is 3.11. The second kappa shape index (κ2) is 6.37. The lowest BCUT2D eigenvalue weighted by molar-refractivity contribution is -0.132. The van der Waals surface area contributed by atoms with Gasteiger partial charge in [0.1, 0.15) is 0 Å². The van der Waals surface area contributed by atoms with Gasteiger partial charge in [0.05, 0.1) is 18.6 Å². The topological polar surface area (TPSA) is 53.4 Å². The van der Waals surface area contributed by atoms with Gasteiger partial charge in [-0.1, -0.05) is 6.07 Å². The van der Waals surface area contributed by atoms with Crippen molar-refractivity contribution in [2.75, 3.05) is 6.54 Å². The number of carbonyl (C=O) groups excluding carboxylic acids is 1. The summed E-state index contributed by atoms with van der Waals surface area (Å²) in [6.45, 7) is 0.640. The van der Waals surface area contributed by atoms with Crippen LogP contribution in [-0.4, -0.2) is 39.6 Å². The quantitative estimate of drug-likeness (QED) is 0.938. The third kappa shape index (κ3) is 3.31. The zero-order chi connectivity index (χ0) is 14.7. The summed E-state index contributed by atoms with van der Waals surface area (Å²) in [6.07, 6.45) is 4.82. The maximum atomic E-state index is 12.5. The summed E-state index contributed by atoms with van der Waals surface area (Å²) in [5, 5.41) is 12.2. The number of nitrogens with zero attached hydrogens (tertiary/aromatic N) is 2. The van der Waals surface area contributed by atoms with Gasteiger partial charge in [-0.2, -0.15) is 0 Å². The van der Waals surface area contributed by atoms with Crippen LogP contribution < -0.4 is 0 Å². The smallest absolute Gasteiger partial charge is 0.228 e. The summed E-state index contributed by atoms with van der Waals surface area (Å²) in [4.78, 5) is 19.4. The molecule has 2 aromatic rings. The number of aliphatic hydroxyl groups is 1. The molecular weight excluding hydrogens is 284 g/mol. The molecule has 0 saturated carbocycles. The lowest BCUT2D eigenvalue weighted by Crippen LogP contribution is -2.41. The number of aromatic nitrogens is 1. The van der Waals surface area contributed by atoms with Crippen molar-refractivity contribution in [3.63, 3.8) is 0 Å². The molecule has 3 rings (SSSR count). The molecule has 1 N–H and O–H groups in total. The van der Waals surface area contributed by atoms with Crippen LogP contribution in [0, 0.1) is 0 Å². The zero-order valence-corrected chi connectivity index (χ0v) is 12.5. The van der Waals surface area contributed by atoms with Gasteiger partial charge in [-0.15, -0.1) is 11.3 Å². The Kier molecular flexibility index (Phi) is 4.31. The van der Waals surface area contributed by atoms with Gasteiger partial charge in [0.25, 0.3) is 0 Å². The second-order valence-corrected chi connectivity index (χ2v) is 6.36. The van der Waals surface area contributed by atoms with Crippen molar-refractivity contribution >= 4 is 17.2 Å². The highest BCUT2D eigenvalue weighted by Gasteiger charge is 2.35. The largest absolute Gasteiger partial charge is 0.391 e. The molecule has 0 unspecified atom stereocenters. The first-order valence-electron chi connectivity index (χ1n) is 7.13. The molecule has 0 aliphatic carbocycles. The molecule has 1 saturated heterocycles. The van der Waals surface area contributed by atoms with E-state index in [9.17, 15) is 9.90 Å². The van der Waals surface area contributed by atoms with Crippen molar-refractivity contribution in [3.8, 4) is 0 Å². The fourth-order valence-corrected chi connectivity index (χ4v) is 3.51. The monoisotopic (exact) mass is 302 g/mol. The molecule has 3 heterocycles. The van der Waals surface area contributed by atoms with E-state index >= 15 is 0 Å². The number of carbonyl (C=O) groups is 1. The van der Waals surface area contributed by atoms with E-state index in [1.807, 2.05) is 34.5 Å². The third-order valence-electron chi connectivity index (χ3n) is 3.93. The Morgan fingerprint density at radius 1 is 1.38 bits per heavy atom. The molecular formula is C16H18N2O2S. The third-order valence-corrected chi connectivity index (χ3v) is 4.81. The molecule has 0 radical (unpaired) electrons. The number of thiophene rings is 1. The summed E-state index contributed by atoms with van der Waals surface area (Å²) >= 11 is 1.60. The van der Waals surface area contributed by atoms with Crippen LogP contribution in [0.4, 0.5) is 0 Å². The fraction of sp³-hybridized carbons (Fsp3) is 0.375. The Morgan fingerprint density at radius 3 is 2.90 bits per heavy atom. The summed E-state index contributed by atoms with van der Waals surface area (Å²) < 4.78 is 0. The molecule has 2 aromatic heterocycles. The average molecular weight is 302 g/mol. The molecule has 0 spiro atoms. The predicted molar refractivity (Wildman–Crippen MR) is 82.1 cm³/mol. The van der Waals surface area contributed by atoms with Crippen LogP contribution in [0.2, 0.25) is 0 Å². The number of hydrogen-bond donors (Lipinski definition) is 1. The van der Waals surface area contributed by atoms with Crippen LogP contribution in [0.25, 0.3) is 0 Å². The highest BCUT2D eigenvalue weighted by Crippen LogP contribution is 2.23. The standard InChI is InChI=1S/C16H18N2O2S/c19-15-5-8-18(16(20)11-13-2-1-9-21-13)14(15)10-12-3-6-17-7-4-12/h1-4,6-7,9,14-15,19H,5,8,10-11H2/t14-,15+/m0/s1. The minimum absolute atomic E-state index is 0.105. The molecule has 0 aromatic carbocycles. The molecule has 1 fully saturated rings. The summed E-state index contributed by atoms with van der Waals surface area (Å²) in [5.41, 5.74) is 1.10. The Labute approximate surface area is 128 Å². The van der Waals surface area contributed by atoms with E-state index in [0.717, 1.165) is 10.4 Å². The van der Waals surface area contributed by atoms with Crippen LogP contribution in [0.15, 0.2) is 42.0 Å². The number of aliphatic hydroxyl groups excluding tert-OH is 1. The predicted octanol–water partition coefficient (Wildman–Crippen LogP) is 1.89. The number of hydrogen-bond acceptors (Lipinski definition) is 4. The van der Waals surface area contributed by atoms with Crippen molar-refractivity contribution in [2.45, 2.75) is 31.4 Å². The summed E-state index contributed by atoms with van der Waals surface area (Å²) in [7, 11) is 0. The normalized spacial score (nSPS) is 21.7. The van der Waals surface area contributed by atoms with Gasteiger partial charge in [0.15, 0.2) is 0 Å². The molecule has 1 amide bonds. The maximum absolute atomic E-state index is 12.5. The SMILES string of the molecule is O=C(Cc1cccs1)N1CC[C@@H](O)[C@@H]1Cc1ccncc1. The molecule has 2 atom stereocenters. The summed E-state index contributed by atoms with van der Waals surface area (Å²) in [5.74, 6) is 0.105. The van der Waals surface area contributed by atoms with Crippen molar-refractivity contribution in [1.82, 2.24) is 9.88 Å². The lowest BCUT2D eigenvalue weighted by atomic mass is 10.0. The van der Waals surface area contributed by atoms with Crippen molar-refractivity contribution < 1.29 is 9.90 Å². The molecule has 0 bridgehead atoms. The van der Waals surface area contributed by atoms with Crippen LogP contribution in [-0.2, 0) is 17.6 Å². The van der Waals surface area contributed by atoms with Gasteiger partial charge < -0.3 is 10.0 Å². The van der Waals surface area contributed by atoms with E-state index < -0.39 is 6.10 Å². The van der Waals surface area contributed by atoms with Gasteiger partial charge in [0.2, 0.25) is 5.91 Å². The van der Waals surface area contributed by atoms with Gasteiger partial charge in [-0.05, 0) is 42.0 Å². The van der Waals surface area contributed by atoms with E-state index in [4.69, 9.17) is 0 Å². The van der Waals surface area contributed by atoms with Crippen molar-refractivity contribution in [3.05, 3.63) is 52.5 Å². The molecule has 5 heteroatoms. The number of likely N-dealkylation sites (tertiary alicyclic amines) is 1. The highest BCUT2D eigenvalue weighted by atomic mass is 32.1. The van der Waals surface area contributed by atoms with E-state index in [1.54, 1.807) is 23.7 Å². The van der Waals surface area contributed by atoms with Crippen molar-refractivity contribution in [2.24, 2.45) is 0 Å². The Morgan fingerprint density at radius 2 is 2.19 bits per heavy atom. The number of pyridine rings is 1. The maximum Gasteiger partial charge on any atom is 0.228 e. The van der Waals surface area contributed by atoms with Crippen LogP contribution in [0.1, 0.15) is 16.9 Å². The van der Waals surface area contributed by atoms with E-state index in [2.05, 4.69) is 4.98 Å². The Hall–Kier alpha value is -1.72. The van der Waals surface area contributed by atoms with Gasteiger partial charge in [-0.25, -0.2) is 0 Å². The summed E-state index contributed by atoms with van der Waals surface area (Å²) in [6, 6.07) is 7.69. The first kappa shape index (κ1) is 14.2. The molecule has 110 valence electrons. The molecule has 1 aliphatic heterocycles. The molecule has 4 nitrogen and oxygen atoms in total. The van der Waals surface area contributed by atoms with Gasteiger partial charge in [0, 0.05) is 23.8 Å². The zero-order valence-electron chi connectivity index (χ0n) is 11.7. The Bertz CT molecular complexity index is 586. The van der Waals surface area contributed by atoms with Crippen molar-refractivity contribution in [1.29, 1.82) is 0 Å². The first-order chi connectivity index (χ1) is 10.2. The van der Waals surface area contributed by atoms with Crippen LogP contribution in [0.5, 0.6) is 0 Å². The number of rotatable bonds is 4. The molecule has 21 heavy (non-hydrogen) atoms. The van der Waals surface area contributed by atoms with E-state index in [0.29, 0.717) is 25.8 Å². The second-order valence-electron chi connectivity index (χ2n) is 5.33. The van der Waals surface area contributed by atoms with Gasteiger partial charge in [-0.3, -0.25) is 9.78 Å². The van der Waals surface area contributed by atoms with Crippen LogP contribution in [0.3, 0.4) is 0 Å². The Balaban J connectivity index is 1.70. The minimum Gasteiger partial charge on any atom is -0.391 e. The highest BCUT2D eigenvalue weighted by molar-refractivity contribution is 7.10. The molecule has 1 aliphatic rings. The van der Waals surface area contributed by atoms with Crippen LogP contribution >= 0.6 is 11.3 Å². The number of amides is 1. The lowest BCUT2D eigenvalue weighted by Gasteiger charge is -2.26. The van der Waals surface area contributed by atoms with E-state index in [-0.39, 0.29) is 11.9 Å². The fourth-order valence-electron chi connectivity index (χ4n) is 2.82. The minimum atomic E-state index is -0.439. The van der Waals surface area contributed by atoms with E-state index in [1.165, 1.54) is 0 Å².